The van der Waals surface area contributed by atoms with Gasteiger partial charge in [0.15, 0.2) is 0 Å². The van der Waals surface area contributed by atoms with Crippen molar-refractivity contribution < 1.29 is 5.11 Å². The molecule has 0 aliphatic heterocycles. The first-order valence-electron chi connectivity index (χ1n) is 3.81. The second-order valence-electron chi connectivity index (χ2n) is 2.57. The zero-order valence-corrected chi connectivity index (χ0v) is 8.70. The molecule has 0 heterocycles. The van der Waals surface area contributed by atoms with Gasteiger partial charge >= 0.3 is 80.6 Å². The van der Waals surface area contributed by atoms with Crippen LogP contribution in [0.1, 0.15) is 11.1 Å². The Labute approximate surface area is 80.9 Å². The van der Waals surface area contributed by atoms with Gasteiger partial charge in [-0.1, -0.05) is 0 Å². The summed E-state index contributed by atoms with van der Waals surface area (Å²) in [6, 6.07) is 5.99. The number of benzene rings is 1. The molecule has 0 unspecified atom stereocenters. The van der Waals surface area contributed by atoms with Crippen LogP contribution in [-0.2, 0) is 13.0 Å². The van der Waals surface area contributed by atoms with E-state index in [1.807, 2.05) is 24.3 Å². The van der Waals surface area contributed by atoms with Crippen LogP contribution in [0.3, 0.4) is 0 Å². The molecule has 0 bridgehead atoms. The quantitative estimate of drug-likeness (QED) is 0.586. The predicted octanol–water partition coefficient (Wildman–Crippen LogP) is 0.434. The summed E-state index contributed by atoms with van der Waals surface area (Å²) in [7, 11) is 0. The Balaban J connectivity index is 3.08. The first-order chi connectivity index (χ1) is 5.79. The summed E-state index contributed by atoms with van der Waals surface area (Å²) < 4.78 is 1.09. The van der Waals surface area contributed by atoms with Crippen molar-refractivity contribution in [2.75, 3.05) is 0 Å². The molecule has 1 N–H and O–H groups in total. The van der Waals surface area contributed by atoms with Crippen molar-refractivity contribution in [3.63, 3.8) is 0 Å². The van der Waals surface area contributed by atoms with Crippen LogP contribution in [0.15, 0.2) is 30.9 Å². The standard InChI is InChI=1S/C10H12OSe/c1-2-4-8-5-3-6-10(12)9(8)7-11/h2-3,5-6,11-12H,1,4,7H2. The van der Waals surface area contributed by atoms with Crippen LogP contribution < -0.4 is 4.46 Å². The molecule has 12 heavy (non-hydrogen) atoms. The molecular weight excluding hydrogens is 215 g/mol. The van der Waals surface area contributed by atoms with E-state index in [0.717, 1.165) is 22.0 Å². The zero-order valence-electron chi connectivity index (χ0n) is 6.83. The van der Waals surface area contributed by atoms with E-state index in [1.54, 1.807) is 0 Å². The molecule has 0 radical (unpaired) electrons. The van der Waals surface area contributed by atoms with Gasteiger partial charge in [0.25, 0.3) is 0 Å². The molecule has 0 aliphatic carbocycles. The Morgan fingerprint density at radius 2 is 2.25 bits per heavy atom. The van der Waals surface area contributed by atoms with Gasteiger partial charge in [0, 0.05) is 0 Å². The Morgan fingerprint density at radius 3 is 2.83 bits per heavy atom. The maximum absolute atomic E-state index is 9.08. The predicted molar refractivity (Wildman–Crippen MR) is 53.0 cm³/mol. The molecule has 0 aliphatic rings. The van der Waals surface area contributed by atoms with Crippen LogP contribution in [0.2, 0.25) is 0 Å². The van der Waals surface area contributed by atoms with Crippen molar-refractivity contribution in [3.8, 4) is 0 Å². The minimum atomic E-state index is 0.105. The van der Waals surface area contributed by atoms with Crippen LogP contribution in [0, 0.1) is 0 Å². The van der Waals surface area contributed by atoms with Crippen molar-refractivity contribution >= 4 is 20.5 Å². The number of rotatable bonds is 3. The van der Waals surface area contributed by atoms with E-state index in [-0.39, 0.29) is 6.61 Å². The second kappa shape index (κ2) is 4.46. The molecular formula is C10H12OSe. The normalized spacial score (nSPS) is 9.83. The van der Waals surface area contributed by atoms with Crippen molar-refractivity contribution in [1.29, 1.82) is 0 Å². The van der Waals surface area contributed by atoms with E-state index in [1.165, 1.54) is 0 Å². The van der Waals surface area contributed by atoms with E-state index >= 15 is 0 Å². The number of allylic oxidation sites excluding steroid dienone is 1. The van der Waals surface area contributed by atoms with Crippen LogP contribution in [-0.4, -0.2) is 21.1 Å². The summed E-state index contributed by atoms with van der Waals surface area (Å²) in [5.74, 6) is 0. The summed E-state index contributed by atoms with van der Waals surface area (Å²) in [5.41, 5.74) is 2.17. The number of hydrogen-bond donors (Lipinski definition) is 1. The summed E-state index contributed by atoms with van der Waals surface area (Å²) >= 11 is 2.47. The Hall–Kier alpha value is -0.561. The number of aliphatic hydroxyl groups is 1. The summed E-state index contributed by atoms with van der Waals surface area (Å²) in [4.78, 5) is 0. The molecule has 0 saturated heterocycles. The van der Waals surface area contributed by atoms with E-state index < -0.39 is 0 Å². The third-order valence-corrected chi connectivity index (χ3v) is 2.65. The van der Waals surface area contributed by atoms with E-state index in [4.69, 9.17) is 5.11 Å². The van der Waals surface area contributed by atoms with Crippen molar-refractivity contribution in [3.05, 3.63) is 42.0 Å². The summed E-state index contributed by atoms with van der Waals surface area (Å²) in [6.07, 6.45) is 2.67. The van der Waals surface area contributed by atoms with Crippen LogP contribution in [0.4, 0.5) is 0 Å². The first kappa shape index (κ1) is 9.53. The molecule has 1 nitrogen and oxygen atoms in total. The number of aliphatic hydroxyl groups excluding tert-OH is 1. The average molecular weight is 227 g/mol. The fourth-order valence-electron chi connectivity index (χ4n) is 1.15. The molecule has 0 atom stereocenters. The molecule has 0 saturated carbocycles. The zero-order chi connectivity index (χ0) is 8.97. The molecule has 0 amide bonds. The van der Waals surface area contributed by atoms with Gasteiger partial charge in [0.2, 0.25) is 0 Å². The monoisotopic (exact) mass is 228 g/mol. The molecule has 64 valence electrons. The molecule has 1 aromatic rings. The third-order valence-electron chi connectivity index (χ3n) is 1.77. The van der Waals surface area contributed by atoms with Crippen molar-refractivity contribution in [1.82, 2.24) is 0 Å². The molecule has 2 heteroatoms. The van der Waals surface area contributed by atoms with Crippen LogP contribution >= 0.6 is 0 Å². The number of hydrogen-bond acceptors (Lipinski definition) is 1. The van der Waals surface area contributed by atoms with Crippen LogP contribution in [0.25, 0.3) is 0 Å². The summed E-state index contributed by atoms with van der Waals surface area (Å²) in [6.45, 7) is 3.78. The third kappa shape index (κ3) is 1.98. The summed E-state index contributed by atoms with van der Waals surface area (Å²) in [5, 5.41) is 9.08. The molecule has 0 fully saturated rings. The van der Waals surface area contributed by atoms with Gasteiger partial charge in [0.1, 0.15) is 0 Å². The van der Waals surface area contributed by atoms with Gasteiger partial charge in [-0.3, -0.25) is 0 Å². The van der Waals surface area contributed by atoms with Crippen LogP contribution in [0.5, 0.6) is 0 Å². The molecule has 1 aromatic carbocycles. The van der Waals surface area contributed by atoms with Gasteiger partial charge in [-0.05, 0) is 0 Å². The minimum absolute atomic E-state index is 0.105. The van der Waals surface area contributed by atoms with Gasteiger partial charge in [-0.2, -0.15) is 0 Å². The van der Waals surface area contributed by atoms with Crippen molar-refractivity contribution in [2.45, 2.75) is 13.0 Å². The molecule has 0 aromatic heterocycles. The Bertz CT molecular complexity index is 281. The SMILES string of the molecule is C=CCc1cccc([SeH])c1CO. The van der Waals surface area contributed by atoms with Gasteiger partial charge in [-0.15, -0.1) is 0 Å². The van der Waals surface area contributed by atoms with Crippen molar-refractivity contribution in [2.24, 2.45) is 0 Å². The Kier molecular flexibility index (Phi) is 3.54. The van der Waals surface area contributed by atoms with Gasteiger partial charge in [0.05, 0.1) is 0 Å². The average Bonchev–Trinajstić information content (AvgIpc) is 2.05. The fourth-order valence-corrected chi connectivity index (χ4v) is 1.78. The molecule has 0 spiro atoms. The fraction of sp³-hybridized carbons (Fsp3) is 0.200. The topological polar surface area (TPSA) is 20.2 Å². The second-order valence-corrected chi connectivity index (χ2v) is 3.58. The first-order valence-corrected chi connectivity index (χ1v) is 4.75. The van der Waals surface area contributed by atoms with E-state index in [2.05, 4.69) is 22.6 Å². The van der Waals surface area contributed by atoms with E-state index in [0.29, 0.717) is 0 Å². The van der Waals surface area contributed by atoms with Gasteiger partial charge in [-0.25, -0.2) is 0 Å². The van der Waals surface area contributed by atoms with Gasteiger partial charge < -0.3 is 0 Å². The Morgan fingerprint density at radius 1 is 1.50 bits per heavy atom. The molecule has 1 rings (SSSR count). The maximum atomic E-state index is 9.08. The van der Waals surface area contributed by atoms with E-state index in [9.17, 15) is 0 Å².